The Morgan fingerprint density at radius 2 is 2.00 bits per heavy atom. The molecule has 104 valence electrons. The lowest BCUT2D eigenvalue weighted by Crippen LogP contribution is -2.38. The van der Waals surface area contributed by atoms with Crippen LogP contribution in [0.1, 0.15) is 0 Å². The molecule has 1 aromatic rings. The number of halogens is 2. The maximum atomic E-state index is 11.3. The summed E-state index contributed by atoms with van der Waals surface area (Å²) in [6, 6.07) is 4.50. The summed E-state index contributed by atoms with van der Waals surface area (Å²) in [6.45, 7) is -0.719. The van der Waals surface area contributed by atoms with E-state index in [0.717, 1.165) is 0 Å². The zero-order valence-corrected chi connectivity index (χ0v) is 11.1. The van der Waals surface area contributed by atoms with Crippen LogP contribution in [0.15, 0.2) is 18.2 Å². The third-order valence-corrected chi connectivity index (χ3v) is 2.78. The number of benzene rings is 1. The summed E-state index contributed by atoms with van der Waals surface area (Å²) in [5, 5.41) is 20.2. The summed E-state index contributed by atoms with van der Waals surface area (Å²) in [7, 11) is 0. The minimum absolute atomic E-state index is 0.292. The van der Waals surface area contributed by atoms with E-state index in [0.29, 0.717) is 15.8 Å². The van der Waals surface area contributed by atoms with Gasteiger partial charge in [-0.25, -0.2) is 4.79 Å². The molecule has 0 aromatic heterocycles. The SMILES string of the molecule is O=C(COc1ccc(Cl)c(Cl)c1)NCC(O)C(=O)O. The maximum Gasteiger partial charge on any atom is 0.334 e. The number of ether oxygens (including phenoxy) is 1. The van der Waals surface area contributed by atoms with Gasteiger partial charge in [0.25, 0.3) is 5.91 Å². The summed E-state index contributed by atoms with van der Waals surface area (Å²) in [6.07, 6.45) is -1.64. The number of hydrogen-bond acceptors (Lipinski definition) is 4. The standard InChI is InChI=1S/C11H11Cl2NO5/c12-7-2-1-6(3-8(7)13)19-5-10(16)14-4-9(15)11(17)18/h1-3,9,15H,4-5H2,(H,14,16)(H,17,18). The molecule has 0 bridgehead atoms. The first-order chi connectivity index (χ1) is 8.90. The Morgan fingerprint density at radius 1 is 1.32 bits per heavy atom. The predicted octanol–water partition coefficient (Wildman–Crippen LogP) is 0.934. The summed E-state index contributed by atoms with van der Waals surface area (Å²) >= 11 is 11.5. The van der Waals surface area contributed by atoms with Gasteiger partial charge >= 0.3 is 5.97 Å². The molecule has 0 spiro atoms. The van der Waals surface area contributed by atoms with Crippen LogP contribution in [0, 0.1) is 0 Å². The monoisotopic (exact) mass is 307 g/mol. The van der Waals surface area contributed by atoms with Gasteiger partial charge in [-0.1, -0.05) is 23.2 Å². The van der Waals surface area contributed by atoms with E-state index in [2.05, 4.69) is 5.32 Å². The third-order valence-electron chi connectivity index (χ3n) is 2.04. The van der Waals surface area contributed by atoms with Crippen molar-refractivity contribution in [3.63, 3.8) is 0 Å². The minimum atomic E-state index is -1.64. The van der Waals surface area contributed by atoms with Gasteiger partial charge in [-0.15, -0.1) is 0 Å². The number of nitrogens with one attached hydrogen (secondary N) is 1. The van der Waals surface area contributed by atoms with E-state index in [1.54, 1.807) is 0 Å². The van der Waals surface area contributed by atoms with Crippen LogP contribution in [0.3, 0.4) is 0 Å². The maximum absolute atomic E-state index is 11.3. The van der Waals surface area contributed by atoms with E-state index in [1.807, 2.05) is 0 Å². The first-order valence-electron chi connectivity index (χ1n) is 5.15. The lowest BCUT2D eigenvalue weighted by Gasteiger charge is -2.09. The number of aliphatic carboxylic acids is 1. The molecule has 1 rings (SSSR count). The summed E-state index contributed by atoms with van der Waals surface area (Å²) in [5.74, 6) is -1.62. The molecule has 3 N–H and O–H groups in total. The predicted molar refractivity (Wildman–Crippen MR) is 68.6 cm³/mol. The molecule has 0 fully saturated rings. The molecule has 8 heteroatoms. The Bertz CT molecular complexity index is 480. The highest BCUT2D eigenvalue weighted by atomic mass is 35.5. The van der Waals surface area contributed by atoms with E-state index >= 15 is 0 Å². The summed E-state index contributed by atoms with van der Waals surface area (Å²) < 4.78 is 5.11. The molecule has 0 saturated heterocycles. The smallest absolute Gasteiger partial charge is 0.334 e. The number of carboxylic acid groups (broad SMARTS) is 1. The molecule has 0 aliphatic carbocycles. The van der Waals surface area contributed by atoms with Gasteiger partial charge in [-0.3, -0.25) is 4.79 Å². The van der Waals surface area contributed by atoms with Gasteiger partial charge in [0.1, 0.15) is 5.75 Å². The van der Waals surface area contributed by atoms with E-state index in [-0.39, 0.29) is 13.2 Å². The van der Waals surface area contributed by atoms with Crippen LogP contribution >= 0.6 is 23.2 Å². The molecule has 0 saturated carbocycles. The highest BCUT2D eigenvalue weighted by Crippen LogP contribution is 2.26. The van der Waals surface area contributed by atoms with Crippen LogP contribution in [0.4, 0.5) is 0 Å². The van der Waals surface area contributed by atoms with Crippen molar-refractivity contribution >= 4 is 35.1 Å². The van der Waals surface area contributed by atoms with E-state index in [9.17, 15) is 9.59 Å². The highest BCUT2D eigenvalue weighted by molar-refractivity contribution is 6.42. The molecule has 0 radical (unpaired) electrons. The number of carboxylic acids is 1. The lowest BCUT2D eigenvalue weighted by atomic mass is 10.3. The Hall–Kier alpha value is -1.50. The number of carbonyl (C=O) groups excluding carboxylic acids is 1. The fraction of sp³-hybridized carbons (Fsp3) is 0.273. The Kier molecular flexibility index (Phi) is 5.88. The number of amides is 1. The fourth-order valence-corrected chi connectivity index (χ4v) is 1.35. The van der Waals surface area contributed by atoms with Gasteiger partial charge in [0, 0.05) is 6.07 Å². The van der Waals surface area contributed by atoms with Crippen molar-refractivity contribution in [3.8, 4) is 5.75 Å². The van der Waals surface area contributed by atoms with Gasteiger partial charge in [0.15, 0.2) is 12.7 Å². The average Bonchev–Trinajstić information content (AvgIpc) is 2.37. The Balaban J connectivity index is 2.37. The van der Waals surface area contributed by atoms with E-state index < -0.39 is 18.0 Å². The molecule has 1 aromatic carbocycles. The zero-order chi connectivity index (χ0) is 14.4. The second kappa shape index (κ2) is 7.18. The normalized spacial score (nSPS) is 11.7. The number of aliphatic hydroxyl groups excluding tert-OH is 1. The van der Waals surface area contributed by atoms with Crippen LogP contribution < -0.4 is 10.1 Å². The average molecular weight is 308 g/mol. The summed E-state index contributed by atoms with van der Waals surface area (Å²) in [4.78, 5) is 21.6. The van der Waals surface area contributed by atoms with Crippen molar-refractivity contribution in [1.29, 1.82) is 0 Å². The molecule has 0 heterocycles. The van der Waals surface area contributed by atoms with Gasteiger partial charge in [-0.2, -0.15) is 0 Å². The second-order valence-electron chi connectivity index (χ2n) is 3.52. The lowest BCUT2D eigenvalue weighted by molar-refractivity contribution is -0.146. The molecule has 0 aliphatic heterocycles. The van der Waals surface area contributed by atoms with Gasteiger partial charge in [0.2, 0.25) is 0 Å². The van der Waals surface area contributed by atoms with Crippen molar-refractivity contribution in [2.75, 3.05) is 13.2 Å². The first kappa shape index (κ1) is 15.6. The topological polar surface area (TPSA) is 95.9 Å². The fourth-order valence-electron chi connectivity index (χ4n) is 1.06. The largest absolute Gasteiger partial charge is 0.484 e. The van der Waals surface area contributed by atoms with Crippen molar-refractivity contribution in [2.45, 2.75) is 6.10 Å². The molecule has 6 nitrogen and oxygen atoms in total. The number of hydrogen-bond donors (Lipinski definition) is 3. The zero-order valence-electron chi connectivity index (χ0n) is 9.60. The highest BCUT2D eigenvalue weighted by Gasteiger charge is 2.14. The molecular weight excluding hydrogens is 297 g/mol. The van der Waals surface area contributed by atoms with Crippen molar-refractivity contribution in [1.82, 2.24) is 5.32 Å². The van der Waals surface area contributed by atoms with E-state index in [1.165, 1.54) is 18.2 Å². The number of aliphatic hydroxyl groups is 1. The third kappa shape index (κ3) is 5.34. The molecule has 1 atom stereocenters. The van der Waals surface area contributed by atoms with Crippen LogP contribution in [0.5, 0.6) is 5.75 Å². The number of carbonyl (C=O) groups is 2. The Morgan fingerprint density at radius 3 is 2.58 bits per heavy atom. The molecule has 0 aliphatic rings. The Labute approximate surface area is 118 Å². The minimum Gasteiger partial charge on any atom is -0.484 e. The molecule has 1 unspecified atom stereocenters. The van der Waals surface area contributed by atoms with Gasteiger partial charge < -0.3 is 20.3 Å². The van der Waals surface area contributed by atoms with Crippen LogP contribution in [0.25, 0.3) is 0 Å². The van der Waals surface area contributed by atoms with Gasteiger partial charge in [-0.05, 0) is 12.1 Å². The molecule has 19 heavy (non-hydrogen) atoms. The van der Waals surface area contributed by atoms with Crippen molar-refractivity contribution < 1.29 is 24.5 Å². The molecule has 1 amide bonds. The second-order valence-corrected chi connectivity index (χ2v) is 4.34. The van der Waals surface area contributed by atoms with Crippen LogP contribution in [-0.4, -0.2) is 41.3 Å². The number of rotatable bonds is 6. The van der Waals surface area contributed by atoms with Crippen molar-refractivity contribution in [2.24, 2.45) is 0 Å². The van der Waals surface area contributed by atoms with Crippen LogP contribution in [0.2, 0.25) is 10.0 Å². The summed E-state index contributed by atoms with van der Waals surface area (Å²) in [5.41, 5.74) is 0. The van der Waals surface area contributed by atoms with Gasteiger partial charge in [0.05, 0.1) is 16.6 Å². The quantitative estimate of drug-likeness (QED) is 0.726. The molecular formula is C11H11Cl2NO5. The van der Waals surface area contributed by atoms with E-state index in [4.69, 9.17) is 38.2 Å². The van der Waals surface area contributed by atoms with Crippen LogP contribution in [-0.2, 0) is 9.59 Å². The van der Waals surface area contributed by atoms with Crippen molar-refractivity contribution in [3.05, 3.63) is 28.2 Å². The first-order valence-corrected chi connectivity index (χ1v) is 5.91.